The molecule has 144 valence electrons. The molecule has 3 heteroatoms. The lowest BCUT2D eigenvalue weighted by atomic mass is 9.42. The molecule has 5 saturated carbocycles. The van der Waals surface area contributed by atoms with Crippen molar-refractivity contribution in [2.45, 2.75) is 70.8 Å². The van der Waals surface area contributed by atoms with Gasteiger partial charge >= 0.3 is 5.97 Å². The summed E-state index contributed by atoms with van der Waals surface area (Å²) in [5, 5.41) is 10.6. The lowest BCUT2D eigenvalue weighted by Crippen LogP contribution is -2.57. The van der Waals surface area contributed by atoms with Gasteiger partial charge in [-0.1, -0.05) is 19.1 Å². The van der Waals surface area contributed by atoms with Crippen LogP contribution in [0.15, 0.2) is 12.2 Å². The molecule has 0 heterocycles. The van der Waals surface area contributed by atoms with Gasteiger partial charge in [-0.15, -0.1) is 0 Å². The Morgan fingerprint density at radius 1 is 1.15 bits per heavy atom. The Kier molecular flexibility index (Phi) is 3.88. The molecule has 0 radical (unpaired) electrons. The Labute approximate surface area is 157 Å². The summed E-state index contributed by atoms with van der Waals surface area (Å²) in [7, 11) is 1.75. The molecular formula is C23H34O3. The number of ether oxygens (including phenoxy) is 1. The number of carboxylic acid groups (broad SMARTS) is 1. The summed E-state index contributed by atoms with van der Waals surface area (Å²) >= 11 is 0. The van der Waals surface area contributed by atoms with Crippen molar-refractivity contribution >= 4 is 5.97 Å². The first kappa shape index (κ1) is 17.3. The minimum Gasteiger partial charge on any atom is -0.481 e. The van der Waals surface area contributed by atoms with E-state index in [0.29, 0.717) is 18.3 Å². The average molecular weight is 359 g/mol. The molecule has 0 amide bonds. The first-order valence-corrected chi connectivity index (χ1v) is 11.0. The van der Waals surface area contributed by atoms with Crippen LogP contribution in [0.1, 0.15) is 64.7 Å². The van der Waals surface area contributed by atoms with E-state index in [1.807, 2.05) is 0 Å². The third kappa shape index (κ3) is 2.13. The van der Waals surface area contributed by atoms with Gasteiger partial charge in [-0.05, 0) is 93.3 Å². The molecule has 6 rings (SSSR count). The van der Waals surface area contributed by atoms with Crippen molar-refractivity contribution in [3.05, 3.63) is 12.2 Å². The van der Waals surface area contributed by atoms with Crippen molar-refractivity contribution < 1.29 is 14.6 Å². The highest BCUT2D eigenvalue weighted by atomic mass is 16.5. The van der Waals surface area contributed by atoms with E-state index in [-0.39, 0.29) is 11.5 Å². The van der Waals surface area contributed by atoms with Gasteiger partial charge in [0.05, 0.1) is 11.5 Å². The third-order valence-corrected chi connectivity index (χ3v) is 9.36. The van der Waals surface area contributed by atoms with Crippen LogP contribution in [-0.4, -0.2) is 24.3 Å². The van der Waals surface area contributed by atoms with E-state index >= 15 is 0 Å². The molecule has 6 aliphatic rings. The molecule has 0 aromatic heterocycles. The molecule has 0 aromatic rings. The van der Waals surface area contributed by atoms with E-state index < -0.39 is 11.4 Å². The predicted octanol–water partition coefficient (Wildman–Crippen LogP) is 4.91. The Hall–Kier alpha value is -0.830. The molecule has 3 nitrogen and oxygen atoms in total. The monoisotopic (exact) mass is 358 g/mol. The summed E-state index contributed by atoms with van der Waals surface area (Å²) in [6, 6.07) is 0. The number of hydrogen-bond acceptors (Lipinski definition) is 2. The Morgan fingerprint density at radius 3 is 2.31 bits per heavy atom. The zero-order valence-corrected chi connectivity index (χ0v) is 16.3. The van der Waals surface area contributed by atoms with Crippen molar-refractivity contribution in [3.8, 4) is 0 Å². The molecule has 6 bridgehead atoms. The van der Waals surface area contributed by atoms with Gasteiger partial charge in [0.1, 0.15) is 0 Å². The molecule has 26 heavy (non-hydrogen) atoms. The van der Waals surface area contributed by atoms with Gasteiger partial charge in [0, 0.05) is 12.5 Å². The van der Waals surface area contributed by atoms with Crippen LogP contribution < -0.4 is 0 Å². The van der Waals surface area contributed by atoms with Gasteiger partial charge in [-0.2, -0.15) is 0 Å². The molecule has 0 saturated heterocycles. The summed E-state index contributed by atoms with van der Waals surface area (Å²) in [5.41, 5.74) is -0.721. The second-order valence-electron chi connectivity index (χ2n) is 10.4. The number of methoxy groups -OCH3 is 1. The number of hydrogen-bond donors (Lipinski definition) is 1. The fraction of sp³-hybridized carbons (Fsp3) is 0.870. The Bertz CT molecular complexity index is 593. The maximum absolute atomic E-state index is 12.8. The smallest absolute Gasteiger partial charge is 0.310 e. The SMILES string of the molecule is CCC(CC1(C(=O)O)CC2C=CC1(C1C3CC4CC(C3)CC1C4)C2)OC. The maximum atomic E-state index is 12.8. The van der Waals surface area contributed by atoms with Gasteiger partial charge in [0.25, 0.3) is 0 Å². The van der Waals surface area contributed by atoms with Crippen LogP contribution in [-0.2, 0) is 9.53 Å². The van der Waals surface area contributed by atoms with Crippen LogP contribution in [0.3, 0.4) is 0 Å². The van der Waals surface area contributed by atoms with Crippen LogP contribution in [0.2, 0.25) is 0 Å². The molecule has 6 aliphatic carbocycles. The van der Waals surface area contributed by atoms with Crippen LogP contribution in [0.25, 0.3) is 0 Å². The predicted molar refractivity (Wildman–Crippen MR) is 101 cm³/mol. The molecule has 0 aromatic carbocycles. The Balaban J connectivity index is 1.56. The molecular weight excluding hydrogens is 324 g/mol. The van der Waals surface area contributed by atoms with E-state index in [0.717, 1.165) is 42.9 Å². The lowest BCUT2D eigenvalue weighted by molar-refractivity contribution is -0.172. The van der Waals surface area contributed by atoms with E-state index in [2.05, 4.69) is 19.1 Å². The standard InChI is InChI=1S/C23H34O3/c1-3-19(26-2)13-23(21(24)25)12-14-4-5-22(23,11-14)20-17-7-15-6-16(9-17)10-18(20)8-15/h4-5,14-20H,3,6-13H2,1-2H3,(H,24,25). The summed E-state index contributed by atoms with van der Waals surface area (Å²) < 4.78 is 5.71. The molecule has 5 fully saturated rings. The van der Waals surface area contributed by atoms with Gasteiger partial charge in [-0.3, -0.25) is 4.79 Å². The zero-order valence-electron chi connectivity index (χ0n) is 16.3. The van der Waals surface area contributed by atoms with Crippen LogP contribution >= 0.6 is 0 Å². The molecule has 0 aliphatic heterocycles. The van der Waals surface area contributed by atoms with Crippen molar-refractivity contribution in [2.75, 3.05) is 7.11 Å². The minimum absolute atomic E-state index is 0.0626. The minimum atomic E-state index is -0.608. The topological polar surface area (TPSA) is 46.5 Å². The maximum Gasteiger partial charge on any atom is 0.310 e. The summed E-state index contributed by atoms with van der Waals surface area (Å²) in [6.07, 6.45) is 15.3. The number of fused-ring (bicyclic) bond motifs is 3. The highest BCUT2D eigenvalue weighted by Gasteiger charge is 2.69. The third-order valence-electron chi connectivity index (χ3n) is 9.36. The molecule has 4 unspecified atom stereocenters. The van der Waals surface area contributed by atoms with Gasteiger partial charge < -0.3 is 9.84 Å². The van der Waals surface area contributed by atoms with Gasteiger partial charge in [0.15, 0.2) is 0 Å². The first-order chi connectivity index (χ1) is 12.5. The summed E-state index contributed by atoms with van der Waals surface area (Å²) in [4.78, 5) is 12.8. The van der Waals surface area contributed by atoms with Crippen molar-refractivity contribution in [3.63, 3.8) is 0 Å². The van der Waals surface area contributed by atoms with Gasteiger partial charge in [-0.25, -0.2) is 0 Å². The van der Waals surface area contributed by atoms with Crippen LogP contribution in [0.5, 0.6) is 0 Å². The summed E-state index contributed by atoms with van der Waals surface area (Å²) in [6.45, 7) is 2.13. The summed E-state index contributed by atoms with van der Waals surface area (Å²) in [5.74, 6) is 3.95. The molecule has 0 spiro atoms. The highest BCUT2D eigenvalue weighted by Crippen LogP contribution is 2.73. The normalized spacial score (nSPS) is 51.9. The average Bonchev–Trinajstić information content (AvgIpc) is 3.15. The zero-order chi connectivity index (χ0) is 18.1. The van der Waals surface area contributed by atoms with E-state index in [4.69, 9.17) is 4.74 Å². The van der Waals surface area contributed by atoms with Crippen molar-refractivity contribution in [1.82, 2.24) is 0 Å². The highest BCUT2D eigenvalue weighted by molar-refractivity contribution is 5.78. The van der Waals surface area contributed by atoms with Crippen LogP contribution in [0, 0.1) is 46.3 Å². The van der Waals surface area contributed by atoms with Crippen molar-refractivity contribution in [1.29, 1.82) is 0 Å². The van der Waals surface area contributed by atoms with E-state index in [9.17, 15) is 9.90 Å². The number of aliphatic carboxylic acids is 1. The number of allylic oxidation sites excluding steroid dienone is 2. The largest absolute Gasteiger partial charge is 0.481 e. The fourth-order valence-electron chi connectivity index (χ4n) is 8.77. The van der Waals surface area contributed by atoms with Gasteiger partial charge in [0.2, 0.25) is 0 Å². The van der Waals surface area contributed by atoms with Crippen molar-refractivity contribution in [2.24, 2.45) is 46.3 Å². The fourth-order valence-corrected chi connectivity index (χ4v) is 8.77. The molecule has 1 N–H and O–H groups in total. The van der Waals surface area contributed by atoms with Crippen LogP contribution in [0.4, 0.5) is 0 Å². The second-order valence-corrected chi connectivity index (χ2v) is 10.4. The van der Waals surface area contributed by atoms with E-state index in [1.54, 1.807) is 7.11 Å². The Morgan fingerprint density at radius 2 is 1.81 bits per heavy atom. The quantitative estimate of drug-likeness (QED) is 0.686. The number of rotatable bonds is 6. The lowest BCUT2D eigenvalue weighted by Gasteiger charge is -2.61. The first-order valence-electron chi connectivity index (χ1n) is 11.0. The van der Waals surface area contributed by atoms with E-state index in [1.165, 1.54) is 32.1 Å². The number of carbonyl (C=O) groups is 1. The molecule has 4 atom stereocenters. The second kappa shape index (κ2) is 5.83. The number of carboxylic acids is 1.